The fourth-order valence-corrected chi connectivity index (χ4v) is 1.81. The lowest BCUT2D eigenvalue weighted by molar-refractivity contribution is -0.384. The van der Waals surface area contributed by atoms with Gasteiger partial charge in [-0.05, 0) is 18.2 Å². The van der Waals surface area contributed by atoms with Crippen molar-refractivity contribution in [3.8, 4) is 5.75 Å². The fourth-order valence-electron chi connectivity index (χ4n) is 1.59. The normalized spacial score (nSPS) is 9.95. The van der Waals surface area contributed by atoms with E-state index in [4.69, 9.17) is 11.6 Å². The van der Waals surface area contributed by atoms with Crippen molar-refractivity contribution in [2.24, 2.45) is 0 Å². The van der Waals surface area contributed by atoms with Crippen molar-refractivity contribution in [3.05, 3.63) is 57.6 Å². The molecule has 108 valence electrons. The lowest BCUT2D eigenvalue weighted by Gasteiger charge is -2.09. The second-order valence-electron chi connectivity index (χ2n) is 4.05. The van der Waals surface area contributed by atoms with Crippen molar-refractivity contribution in [3.63, 3.8) is 0 Å². The summed E-state index contributed by atoms with van der Waals surface area (Å²) in [7, 11) is 0. The van der Waals surface area contributed by atoms with Crippen LogP contribution in [0.2, 0.25) is 5.02 Å². The Kier molecular flexibility index (Phi) is 4.24. The average Bonchev–Trinajstić information content (AvgIpc) is 2.42. The van der Waals surface area contributed by atoms with Gasteiger partial charge in [0.25, 0.3) is 5.69 Å². The van der Waals surface area contributed by atoms with Crippen molar-refractivity contribution >= 4 is 34.7 Å². The molecule has 2 rings (SSSR count). The second kappa shape index (κ2) is 6.10. The van der Waals surface area contributed by atoms with E-state index in [-0.39, 0.29) is 22.1 Å². The van der Waals surface area contributed by atoms with E-state index in [0.717, 1.165) is 0 Å². The highest BCUT2D eigenvalue weighted by Gasteiger charge is 2.09. The Morgan fingerprint density at radius 2 is 1.95 bits per heavy atom. The van der Waals surface area contributed by atoms with Crippen LogP contribution in [0, 0.1) is 10.1 Å². The van der Waals surface area contributed by atoms with E-state index in [1.165, 1.54) is 42.5 Å². The van der Waals surface area contributed by atoms with Crippen molar-refractivity contribution < 1.29 is 14.8 Å². The Balaban J connectivity index is 2.08. The number of nitrogens with zero attached hydrogens (tertiary/aromatic N) is 1. The molecule has 2 amide bonds. The highest BCUT2D eigenvalue weighted by molar-refractivity contribution is 6.34. The van der Waals surface area contributed by atoms with Crippen molar-refractivity contribution in [1.82, 2.24) is 0 Å². The van der Waals surface area contributed by atoms with E-state index in [0.29, 0.717) is 5.69 Å². The molecule has 0 aliphatic heterocycles. The molecule has 0 heterocycles. The van der Waals surface area contributed by atoms with Crippen LogP contribution in [0.5, 0.6) is 5.75 Å². The fraction of sp³-hybridized carbons (Fsp3) is 0. The summed E-state index contributed by atoms with van der Waals surface area (Å²) < 4.78 is 0. The highest BCUT2D eigenvalue weighted by Crippen LogP contribution is 2.26. The van der Waals surface area contributed by atoms with Gasteiger partial charge in [0.2, 0.25) is 0 Å². The molecule has 0 aliphatic carbocycles. The first-order chi connectivity index (χ1) is 9.95. The number of non-ortho nitro benzene ring substituents is 1. The van der Waals surface area contributed by atoms with Gasteiger partial charge in [0.05, 0.1) is 15.6 Å². The third-order valence-corrected chi connectivity index (χ3v) is 2.83. The molecule has 0 bridgehead atoms. The summed E-state index contributed by atoms with van der Waals surface area (Å²) in [5.74, 6) is -0.0235. The molecule has 0 unspecified atom stereocenters. The smallest absolute Gasteiger partial charge is 0.323 e. The maximum Gasteiger partial charge on any atom is 0.323 e. The summed E-state index contributed by atoms with van der Waals surface area (Å²) in [6.07, 6.45) is 0. The number of anilines is 2. The number of rotatable bonds is 3. The molecule has 21 heavy (non-hydrogen) atoms. The van der Waals surface area contributed by atoms with Crippen LogP contribution >= 0.6 is 11.6 Å². The van der Waals surface area contributed by atoms with Gasteiger partial charge < -0.3 is 15.7 Å². The summed E-state index contributed by atoms with van der Waals surface area (Å²) in [5, 5.41) is 24.9. The number of aromatic hydroxyl groups is 1. The zero-order chi connectivity index (χ0) is 15.4. The van der Waals surface area contributed by atoms with Crippen molar-refractivity contribution in [1.29, 1.82) is 0 Å². The zero-order valence-corrected chi connectivity index (χ0v) is 11.3. The molecule has 3 N–H and O–H groups in total. The van der Waals surface area contributed by atoms with Crippen LogP contribution in [0.3, 0.4) is 0 Å². The lowest BCUT2D eigenvalue weighted by Crippen LogP contribution is -2.19. The molecule has 0 saturated heterocycles. The predicted molar refractivity (Wildman–Crippen MR) is 78.9 cm³/mol. The summed E-state index contributed by atoms with van der Waals surface area (Å²) in [5.41, 5.74) is 0.449. The number of amides is 2. The topological polar surface area (TPSA) is 104 Å². The molecule has 0 radical (unpaired) electrons. The Morgan fingerprint density at radius 3 is 2.62 bits per heavy atom. The number of carbonyl (C=O) groups excluding carboxylic acids is 1. The van der Waals surface area contributed by atoms with E-state index in [1.807, 2.05) is 0 Å². The number of halogens is 1. The first-order valence-electron chi connectivity index (χ1n) is 5.76. The third-order valence-electron chi connectivity index (χ3n) is 2.52. The van der Waals surface area contributed by atoms with Gasteiger partial charge in [-0.25, -0.2) is 4.79 Å². The van der Waals surface area contributed by atoms with Crippen LogP contribution < -0.4 is 10.6 Å². The molecule has 0 atom stereocenters. The number of phenolic OH excluding ortho intramolecular Hbond substituents is 1. The number of carbonyl (C=O) groups is 1. The largest absolute Gasteiger partial charge is 0.508 e. The van der Waals surface area contributed by atoms with Crippen LogP contribution in [0.1, 0.15) is 0 Å². The minimum atomic E-state index is -0.608. The summed E-state index contributed by atoms with van der Waals surface area (Å²) in [4.78, 5) is 21.9. The van der Waals surface area contributed by atoms with Crippen LogP contribution in [0.15, 0.2) is 42.5 Å². The quantitative estimate of drug-likeness (QED) is 0.457. The van der Waals surface area contributed by atoms with Gasteiger partial charge in [-0.15, -0.1) is 0 Å². The van der Waals surface area contributed by atoms with E-state index in [9.17, 15) is 20.0 Å². The molecular weight excluding hydrogens is 298 g/mol. The van der Waals surface area contributed by atoms with Gasteiger partial charge in [0.15, 0.2) is 0 Å². The highest BCUT2D eigenvalue weighted by atomic mass is 35.5. The minimum Gasteiger partial charge on any atom is -0.508 e. The number of nitrogens with one attached hydrogen (secondary N) is 2. The molecule has 0 aromatic heterocycles. The van der Waals surface area contributed by atoms with Crippen LogP contribution in [0.4, 0.5) is 21.9 Å². The monoisotopic (exact) mass is 307 g/mol. The minimum absolute atomic E-state index is 0.0235. The van der Waals surface area contributed by atoms with E-state index in [1.54, 1.807) is 0 Å². The number of phenols is 1. The first kappa shape index (κ1) is 14.6. The average molecular weight is 308 g/mol. The first-order valence-corrected chi connectivity index (χ1v) is 6.14. The number of benzene rings is 2. The van der Waals surface area contributed by atoms with E-state index < -0.39 is 11.0 Å². The van der Waals surface area contributed by atoms with E-state index >= 15 is 0 Å². The summed E-state index contributed by atoms with van der Waals surface area (Å²) in [6, 6.07) is 9.01. The molecule has 8 heteroatoms. The van der Waals surface area contributed by atoms with Crippen LogP contribution in [0.25, 0.3) is 0 Å². The molecule has 0 aliphatic rings. The zero-order valence-electron chi connectivity index (χ0n) is 10.5. The van der Waals surface area contributed by atoms with Crippen molar-refractivity contribution in [2.75, 3.05) is 10.6 Å². The van der Waals surface area contributed by atoms with Gasteiger partial charge in [-0.3, -0.25) is 10.1 Å². The molecule has 0 spiro atoms. The van der Waals surface area contributed by atoms with E-state index in [2.05, 4.69) is 10.6 Å². The Hall–Kier alpha value is -2.80. The van der Waals surface area contributed by atoms with Gasteiger partial charge in [0.1, 0.15) is 5.75 Å². The van der Waals surface area contributed by atoms with Crippen LogP contribution in [-0.2, 0) is 0 Å². The molecule has 7 nitrogen and oxygen atoms in total. The number of nitro benzene ring substituents is 1. The lowest BCUT2D eigenvalue weighted by atomic mass is 10.3. The SMILES string of the molecule is O=C(Nc1cccc([N+](=O)[O-])c1)Nc1ccc(O)cc1Cl. The Morgan fingerprint density at radius 1 is 1.19 bits per heavy atom. The molecule has 2 aromatic carbocycles. The molecular formula is C13H10ClN3O4. The van der Waals surface area contributed by atoms with Gasteiger partial charge in [0, 0.05) is 23.9 Å². The van der Waals surface area contributed by atoms with Gasteiger partial charge in [-0.2, -0.15) is 0 Å². The summed E-state index contributed by atoms with van der Waals surface area (Å²) >= 11 is 5.85. The molecule has 2 aromatic rings. The third kappa shape index (κ3) is 3.83. The maximum atomic E-state index is 11.8. The standard InChI is InChI=1S/C13H10ClN3O4/c14-11-7-10(18)4-5-12(11)16-13(19)15-8-2-1-3-9(6-8)17(20)21/h1-7,18H,(H2,15,16,19). The number of hydrogen-bond donors (Lipinski definition) is 3. The van der Waals surface area contributed by atoms with Gasteiger partial charge >= 0.3 is 6.03 Å². The maximum absolute atomic E-state index is 11.8. The Bertz CT molecular complexity index is 706. The summed E-state index contributed by atoms with van der Waals surface area (Å²) in [6.45, 7) is 0. The van der Waals surface area contributed by atoms with Crippen molar-refractivity contribution in [2.45, 2.75) is 0 Å². The van der Waals surface area contributed by atoms with Gasteiger partial charge in [-0.1, -0.05) is 17.7 Å². The molecule has 0 fully saturated rings. The molecule has 0 saturated carbocycles. The number of nitro groups is 1. The second-order valence-corrected chi connectivity index (χ2v) is 4.46. The predicted octanol–water partition coefficient (Wildman–Crippen LogP) is 3.60. The van der Waals surface area contributed by atoms with Crippen LogP contribution in [-0.4, -0.2) is 16.1 Å². The number of hydrogen-bond acceptors (Lipinski definition) is 4. The number of urea groups is 1. The Labute approximate surface area is 124 Å².